The lowest BCUT2D eigenvalue weighted by Gasteiger charge is -2.14. The first-order valence-electron chi connectivity index (χ1n) is 7.28. The van der Waals surface area contributed by atoms with E-state index in [-0.39, 0.29) is 12.0 Å². The highest BCUT2D eigenvalue weighted by molar-refractivity contribution is 7.99. The van der Waals surface area contributed by atoms with E-state index in [4.69, 9.17) is 10.5 Å². The minimum absolute atomic E-state index is 0.221. The molecule has 5 nitrogen and oxygen atoms in total. The zero-order chi connectivity index (χ0) is 15.1. The molecule has 0 atom stereocenters. The maximum Gasteiger partial charge on any atom is 0.344 e. The van der Waals surface area contributed by atoms with E-state index in [0.29, 0.717) is 23.0 Å². The predicted molar refractivity (Wildman–Crippen MR) is 83.2 cm³/mol. The van der Waals surface area contributed by atoms with Gasteiger partial charge in [0.2, 0.25) is 0 Å². The number of nitrogen functional groups attached to an aromatic ring is 1. The maximum atomic E-state index is 12.1. The topological polar surface area (TPSA) is 70.1 Å². The minimum Gasteiger partial charge on any atom is -0.462 e. The number of hydrogen-bond acceptors (Lipinski definition) is 5. The molecule has 0 saturated carbocycles. The molecule has 1 rings (SSSR count). The maximum absolute atomic E-state index is 12.1. The molecule has 0 bridgehead atoms. The Morgan fingerprint density at radius 3 is 2.50 bits per heavy atom. The number of carbonyl (C=O) groups is 1. The van der Waals surface area contributed by atoms with Gasteiger partial charge in [-0.05, 0) is 31.9 Å². The van der Waals surface area contributed by atoms with Gasteiger partial charge in [0, 0.05) is 0 Å². The van der Waals surface area contributed by atoms with Crippen LogP contribution in [-0.2, 0) is 4.74 Å². The molecule has 0 fully saturated rings. The summed E-state index contributed by atoms with van der Waals surface area (Å²) in [6.07, 6.45) is 2.88. The van der Waals surface area contributed by atoms with Crippen molar-refractivity contribution in [1.29, 1.82) is 0 Å². The average molecular weight is 299 g/mol. The molecule has 0 unspecified atom stereocenters. The normalized spacial score (nSPS) is 11.1. The molecule has 0 amide bonds. The summed E-state index contributed by atoms with van der Waals surface area (Å²) in [5.74, 6) is 0.961. The molecular weight excluding hydrogens is 274 g/mol. The van der Waals surface area contributed by atoms with Gasteiger partial charge in [-0.15, -0.1) is 11.8 Å². The van der Waals surface area contributed by atoms with Crippen LogP contribution in [0.1, 0.15) is 63.4 Å². The van der Waals surface area contributed by atoms with Crippen LogP contribution in [0.25, 0.3) is 0 Å². The van der Waals surface area contributed by atoms with Gasteiger partial charge >= 0.3 is 5.97 Å². The Kier molecular flexibility index (Phi) is 6.91. The number of nitrogens with zero attached hydrogens (tertiary/aromatic N) is 2. The van der Waals surface area contributed by atoms with Crippen molar-refractivity contribution in [3.05, 3.63) is 5.56 Å². The van der Waals surface area contributed by atoms with Crippen LogP contribution in [0.2, 0.25) is 0 Å². The van der Waals surface area contributed by atoms with Crippen molar-refractivity contribution < 1.29 is 9.53 Å². The summed E-state index contributed by atoms with van der Waals surface area (Å²) in [6.45, 7) is 8.42. The molecule has 0 radical (unpaired) electrons. The van der Waals surface area contributed by atoms with Gasteiger partial charge in [0.15, 0.2) is 0 Å². The number of thioether (sulfide) groups is 1. The van der Waals surface area contributed by atoms with Gasteiger partial charge in [-0.3, -0.25) is 0 Å². The third kappa shape index (κ3) is 3.69. The number of aromatic nitrogens is 2. The van der Waals surface area contributed by atoms with Crippen molar-refractivity contribution in [3.63, 3.8) is 0 Å². The molecule has 1 aromatic rings. The van der Waals surface area contributed by atoms with Crippen molar-refractivity contribution in [3.8, 4) is 0 Å². The van der Waals surface area contributed by atoms with Gasteiger partial charge in [0.1, 0.15) is 16.4 Å². The van der Waals surface area contributed by atoms with Crippen molar-refractivity contribution >= 4 is 23.5 Å². The van der Waals surface area contributed by atoms with E-state index in [2.05, 4.69) is 25.9 Å². The Labute approximate surface area is 125 Å². The van der Waals surface area contributed by atoms with E-state index in [1.54, 1.807) is 23.4 Å². The molecule has 0 aliphatic rings. The SMILES string of the molecule is CCCSc1nn(C(CC)CC)c(N)c1C(=O)OCC. The molecule has 1 aromatic heterocycles. The van der Waals surface area contributed by atoms with Gasteiger partial charge in [0.05, 0.1) is 12.6 Å². The fourth-order valence-corrected chi connectivity index (χ4v) is 2.91. The molecule has 0 saturated heterocycles. The van der Waals surface area contributed by atoms with E-state index in [0.717, 1.165) is 25.0 Å². The fraction of sp³-hybridized carbons (Fsp3) is 0.714. The first-order valence-corrected chi connectivity index (χ1v) is 8.26. The molecule has 0 aromatic carbocycles. The third-order valence-electron chi connectivity index (χ3n) is 3.13. The summed E-state index contributed by atoms with van der Waals surface area (Å²) in [7, 11) is 0. The largest absolute Gasteiger partial charge is 0.462 e. The molecule has 0 aliphatic carbocycles. The minimum atomic E-state index is -0.374. The molecule has 1 heterocycles. The summed E-state index contributed by atoms with van der Waals surface area (Å²) < 4.78 is 6.89. The number of ether oxygens (including phenoxy) is 1. The second-order valence-corrected chi connectivity index (χ2v) is 5.63. The summed E-state index contributed by atoms with van der Waals surface area (Å²) in [5.41, 5.74) is 6.57. The van der Waals surface area contributed by atoms with Crippen molar-refractivity contribution in [2.45, 2.75) is 58.0 Å². The van der Waals surface area contributed by atoms with E-state index in [1.807, 2.05) is 0 Å². The van der Waals surface area contributed by atoms with Crippen LogP contribution >= 0.6 is 11.8 Å². The summed E-state index contributed by atoms with van der Waals surface area (Å²) in [4.78, 5) is 12.1. The quantitative estimate of drug-likeness (QED) is 0.587. The van der Waals surface area contributed by atoms with E-state index < -0.39 is 0 Å². The van der Waals surface area contributed by atoms with Gasteiger partial charge < -0.3 is 10.5 Å². The Hall–Kier alpha value is -1.17. The predicted octanol–water partition coefficient (Wildman–Crippen LogP) is 3.51. The van der Waals surface area contributed by atoms with Crippen molar-refractivity contribution in [1.82, 2.24) is 9.78 Å². The Morgan fingerprint density at radius 1 is 1.35 bits per heavy atom. The monoisotopic (exact) mass is 299 g/mol. The van der Waals surface area contributed by atoms with E-state index >= 15 is 0 Å². The van der Waals surface area contributed by atoms with Gasteiger partial charge in [-0.1, -0.05) is 20.8 Å². The fourth-order valence-electron chi connectivity index (χ4n) is 2.03. The molecule has 0 aliphatic heterocycles. The zero-order valence-corrected chi connectivity index (χ0v) is 13.6. The van der Waals surface area contributed by atoms with Crippen LogP contribution in [0.5, 0.6) is 0 Å². The summed E-state index contributed by atoms with van der Waals surface area (Å²) in [6, 6.07) is 0.221. The van der Waals surface area contributed by atoms with E-state index in [9.17, 15) is 4.79 Å². The summed E-state index contributed by atoms with van der Waals surface area (Å²) in [5, 5.41) is 5.24. The Morgan fingerprint density at radius 2 is 2.00 bits per heavy atom. The average Bonchev–Trinajstić information content (AvgIpc) is 2.75. The number of nitrogens with two attached hydrogens (primary N) is 1. The van der Waals surface area contributed by atoms with Crippen LogP contribution < -0.4 is 5.73 Å². The van der Waals surface area contributed by atoms with Crippen LogP contribution in [0.3, 0.4) is 0 Å². The van der Waals surface area contributed by atoms with Crippen LogP contribution in [0, 0.1) is 0 Å². The number of anilines is 1. The van der Waals surface area contributed by atoms with Crippen LogP contribution in [0.15, 0.2) is 5.03 Å². The zero-order valence-electron chi connectivity index (χ0n) is 12.8. The lowest BCUT2D eigenvalue weighted by Crippen LogP contribution is -2.14. The molecule has 20 heavy (non-hydrogen) atoms. The standard InChI is InChI=1S/C14H25N3O2S/c1-5-9-20-13-11(14(18)19-8-4)12(15)17(16-13)10(6-2)7-3/h10H,5-9,15H2,1-4H3. The van der Waals surface area contributed by atoms with Crippen LogP contribution in [0.4, 0.5) is 5.82 Å². The smallest absolute Gasteiger partial charge is 0.344 e. The highest BCUT2D eigenvalue weighted by atomic mass is 32.2. The highest BCUT2D eigenvalue weighted by Gasteiger charge is 2.25. The second kappa shape index (κ2) is 8.19. The number of esters is 1. The van der Waals surface area contributed by atoms with Crippen molar-refractivity contribution in [2.75, 3.05) is 18.1 Å². The second-order valence-electron chi connectivity index (χ2n) is 4.55. The molecule has 6 heteroatoms. The van der Waals surface area contributed by atoms with Crippen molar-refractivity contribution in [2.24, 2.45) is 0 Å². The summed E-state index contributed by atoms with van der Waals surface area (Å²) >= 11 is 1.56. The Balaban J connectivity index is 3.19. The molecular formula is C14H25N3O2S. The number of hydrogen-bond donors (Lipinski definition) is 1. The van der Waals surface area contributed by atoms with Crippen LogP contribution in [-0.4, -0.2) is 28.1 Å². The first kappa shape index (κ1) is 16.9. The van der Waals surface area contributed by atoms with Gasteiger partial charge in [0.25, 0.3) is 0 Å². The van der Waals surface area contributed by atoms with Gasteiger partial charge in [-0.2, -0.15) is 5.10 Å². The lowest BCUT2D eigenvalue weighted by atomic mass is 10.2. The molecule has 2 N–H and O–H groups in total. The Bertz CT molecular complexity index is 442. The number of carbonyl (C=O) groups excluding carboxylic acids is 1. The number of rotatable bonds is 8. The molecule has 114 valence electrons. The molecule has 0 spiro atoms. The first-order chi connectivity index (χ1) is 9.60. The van der Waals surface area contributed by atoms with E-state index in [1.165, 1.54) is 0 Å². The van der Waals surface area contributed by atoms with Gasteiger partial charge in [-0.25, -0.2) is 9.48 Å². The highest BCUT2D eigenvalue weighted by Crippen LogP contribution is 2.31. The lowest BCUT2D eigenvalue weighted by molar-refractivity contribution is 0.0523. The third-order valence-corrected chi connectivity index (χ3v) is 4.30.